The van der Waals surface area contributed by atoms with Crippen LogP contribution in [0.1, 0.15) is 32.9 Å². The summed E-state index contributed by atoms with van der Waals surface area (Å²) in [4.78, 5) is 41.0. The second-order valence-corrected chi connectivity index (χ2v) is 8.80. The molecule has 0 N–H and O–H groups in total. The maximum atomic E-state index is 12.6. The summed E-state index contributed by atoms with van der Waals surface area (Å²) in [6.45, 7) is 1.65. The Kier molecular flexibility index (Phi) is 6.99. The first-order chi connectivity index (χ1) is 13.4. The number of amides is 2. The van der Waals surface area contributed by atoms with E-state index in [-0.39, 0.29) is 35.5 Å². The summed E-state index contributed by atoms with van der Waals surface area (Å²) >= 11 is 19.2. The molecule has 0 atom stereocenters. The Morgan fingerprint density at radius 2 is 1.57 bits per heavy atom. The predicted octanol–water partition coefficient (Wildman–Crippen LogP) is 4.66. The normalized spacial score (nSPS) is 14.2. The number of benzene rings is 1. The second kappa shape index (κ2) is 9.27. The Labute approximate surface area is 181 Å². The van der Waals surface area contributed by atoms with Gasteiger partial charge in [-0.3, -0.25) is 14.4 Å². The summed E-state index contributed by atoms with van der Waals surface area (Å²) < 4.78 is 0.551. The van der Waals surface area contributed by atoms with Gasteiger partial charge in [-0.05, 0) is 24.3 Å². The third-order valence-electron chi connectivity index (χ3n) is 4.52. The van der Waals surface area contributed by atoms with Gasteiger partial charge in [-0.25, -0.2) is 0 Å². The molecule has 1 aromatic carbocycles. The first-order valence-corrected chi connectivity index (χ1v) is 10.6. The van der Waals surface area contributed by atoms with E-state index in [1.165, 1.54) is 11.3 Å². The number of nitrogens with zero attached hydrogens (tertiary/aromatic N) is 2. The number of Topliss-reactive ketones (excluding diaryl/α,β-unsaturated/α-hetero) is 1. The lowest BCUT2D eigenvalue weighted by molar-refractivity contribution is -0.132. The average Bonchev–Trinajstić information content (AvgIpc) is 3.14. The zero-order valence-corrected chi connectivity index (χ0v) is 17.9. The van der Waals surface area contributed by atoms with Crippen LogP contribution in [0.15, 0.2) is 30.3 Å². The van der Waals surface area contributed by atoms with Crippen LogP contribution in [0.4, 0.5) is 0 Å². The Bertz CT molecular complexity index is 908. The van der Waals surface area contributed by atoms with Gasteiger partial charge in [0.25, 0.3) is 5.91 Å². The monoisotopic (exact) mass is 458 g/mol. The van der Waals surface area contributed by atoms with E-state index < -0.39 is 0 Å². The second-order valence-electron chi connectivity index (χ2n) is 6.30. The van der Waals surface area contributed by atoms with Gasteiger partial charge in [0.1, 0.15) is 0 Å². The van der Waals surface area contributed by atoms with Crippen LogP contribution in [-0.2, 0) is 4.79 Å². The predicted molar refractivity (Wildman–Crippen MR) is 112 cm³/mol. The standard InChI is InChI=1S/C19H17Cl3N2O3S/c20-13-3-1-2-12(18(13)22)19(27)24-10-8-23(9-11-24)17(26)7-4-14(25)15-5-6-16(21)28-15/h1-3,5-6H,4,7-11H2. The molecule has 148 valence electrons. The molecule has 2 heterocycles. The molecule has 0 spiro atoms. The molecule has 5 nitrogen and oxygen atoms in total. The van der Waals surface area contributed by atoms with Crippen molar-refractivity contribution in [1.82, 2.24) is 9.80 Å². The highest BCUT2D eigenvalue weighted by Gasteiger charge is 2.26. The van der Waals surface area contributed by atoms with Gasteiger partial charge in [0.15, 0.2) is 5.78 Å². The molecule has 3 rings (SSSR count). The van der Waals surface area contributed by atoms with Crippen molar-refractivity contribution in [3.63, 3.8) is 0 Å². The van der Waals surface area contributed by atoms with E-state index in [4.69, 9.17) is 34.8 Å². The molecular formula is C19H17Cl3N2O3S. The first kappa shape index (κ1) is 21.1. The number of hydrogen-bond acceptors (Lipinski definition) is 4. The SMILES string of the molecule is O=C(CCC(=O)N1CCN(C(=O)c2cccc(Cl)c2Cl)CC1)c1ccc(Cl)s1. The molecule has 1 fully saturated rings. The van der Waals surface area contributed by atoms with Crippen molar-refractivity contribution in [3.8, 4) is 0 Å². The zero-order valence-electron chi connectivity index (χ0n) is 14.8. The highest BCUT2D eigenvalue weighted by atomic mass is 35.5. The van der Waals surface area contributed by atoms with Crippen LogP contribution >= 0.6 is 46.1 Å². The van der Waals surface area contributed by atoms with Crippen LogP contribution in [0.25, 0.3) is 0 Å². The average molecular weight is 460 g/mol. The lowest BCUT2D eigenvalue weighted by atomic mass is 10.1. The quantitative estimate of drug-likeness (QED) is 0.611. The van der Waals surface area contributed by atoms with E-state index in [1.807, 2.05) is 0 Å². The van der Waals surface area contributed by atoms with Crippen molar-refractivity contribution >= 4 is 63.7 Å². The van der Waals surface area contributed by atoms with Gasteiger partial charge in [0.05, 0.1) is 24.8 Å². The van der Waals surface area contributed by atoms with E-state index in [0.717, 1.165) is 0 Å². The minimum absolute atomic E-state index is 0.0883. The lowest BCUT2D eigenvalue weighted by Crippen LogP contribution is -2.50. The first-order valence-electron chi connectivity index (χ1n) is 8.66. The number of halogens is 3. The van der Waals surface area contributed by atoms with Gasteiger partial charge in [0, 0.05) is 39.0 Å². The Morgan fingerprint density at radius 3 is 2.21 bits per heavy atom. The van der Waals surface area contributed by atoms with Crippen molar-refractivity contribution in [3.05, 3.63) is 55.2 Å². The molecular weight excluding hydrogens is 443 g/mol. The summed E-state index contributed by atoms with van der Waals surface area (Å²) in [7, 11) is 0. The van der Waals surface area contributed by atoms with Crippen LogP contribution in [-0.4, -0.2) is 53.6 Å². The smallest absolute Gasteiger partial charge is 0.255 e. The van der Waals surface area contributed by atoms with Gasteiger partial charge in [0.2, 0.25) is 5.91 Å². The van der Waals surface area contributed by atoms with Crippen LogP contribution in [0.2, 0.25) is 14.4 Å². The fourth-order valence-electron chi connectivity index (χ4n) is 2.96. The number of carbonyl (C=O) groups is 3. The molecule has 28 heavy (non-hydrogen) atoms. The van der Waals surface area contributed by atoms with Crippen molar-refractivity contribution in [2.75, 3.05) is 26.2 Å². The summed E-state index contributed by atoms with van der Waals surface area (Å²) in [5, 5.41) is 0.567. The molecule has 0 saturated carbocycles. The van der Waals surface area contributed by atoms with Crippen molar-refractivity contribution in [2.45, 2.75) is 12.8 Å². The van der Waals surface area contributed by atoms with Crippen LogP contribution in [0.5, 0.6) is 0 Å². The number of carbonyl (C=O) groups excluding carboxylic acids is 3. The van der Waals surface area contributed by atoms with E-state index in [0.29, 0.717) is 46.0 Å². The summed E-state index contributed by atoms with van der Waals surface area (Å²) in [6.07, 6.45) is 0.287. The third-order valence-corrected chi connectivity index (χ3v) is 6.61. The Hall–Kier alpha value is -1.60. The number of ketones is 1. The van der Waals surface area contributed by atoms with Crippen LogP contribution < -0.4 is 0 Å². The molecule has 0 radical (unpaired) electrons. The molecule has 2 aromatic rings. The Morgan fingerprint density at radius 1 is 0.893 bits per heavy atom. The molecule has 1 aliphatic heterocycles. The molecule has 1 aliphatic rings. The molecule has 1 aromatic heterocycles. The van der Waals surface area contributed by atoms with Crippen molar-refractivity contribution in [2.24, 2.45) is 0 Å². The molecule has 1 saturated heterocycles. The van der Waals surface area contributed by atoms with E-state index in [2.05, 4.69) is 0 Å². The van der Waals surface area contributed by atoms with Gasteiger partial charge >= 0.3 is 0 Å². The summed E-state index contributed by atoms with van der Waals surface area (Å²) in [5.74, 6) is -0.386. The fraction of sp³-hybridized carbons (Fsp3) is 0.316. The maximum absolute atomic E-state index is 12.6. The molecule has 0 unspecified atom stereocenters. The molecule has 0 bridgehead atoms. The highest BCUT2D eigenvalue weighted by Crippen LogP contribution is 2.27. The van der Waals surface area contributed by atoms with Crippen LogP contribution in [0, 0.1) is 0 Å². The molecule has 9 heteroatoms. The maximum Gasteiger partial charge on any atom is 0.255 e. The minimum atomic E-state index is -0.204. The van der Waals surface area contributed by atoms with E-state index in [9.17, 15) is 14.4 Å². The highest BCUT2D eigenvalue weighted by molar-refractivity contribution is 7.18. The van der Waals surface area contributed by atoms with Gasteiger partial charge < -0.3 is 9.80 Å². The number of hydrogen-bond donors (Lipinski definition) is 0. The largest absolute Gasteiger partial charge is 0.339 e. The molecule has 2 amide bonds. The topological polar surface area (TPSA) is 57.7 Å². The number of thiophene rings is 1. The van der Waals surface area contributed by atoms with E-state index in [1.54, 1.807) is 40.1 Å². The zero-order chi connectivity index (χ0) is 20.3. The lowest BCUT2D eigenvalue weighted by Gasteiger charge is -2.35. The van der Waals surface area contributed by atoms with E-state index >= 15 is 0 Å². The fourth-order valence-corrected chi connectivity index (χ4v) is 4.36. The minimum Gasteiger partial charge on any atom is -0.339 e. The van der Waals surface area contributed by atoms with Crippen molar-refractivity contribution in [1.29, 1.82) is 0 Å². The summed E-state index contributed by atoms with van der Waals surface area (Å²) in [5.41, 5.74) is 0.356. The van der Waals surface area contributed by atoms with Gasteiger partial charge in [-0.15, -0.1) is 11.3 Å². The van der Waals surface area contributed by atoms with Gasteiger partial charge in [-0.1, -0.05) is 40.9 Å². The number of rotatable bonds is 5. The summed E-state index contributed by atoms with van der Waals surface area (Å²) in [6, 6.07) is 8.28. The van der Waals surface area contributed by atoms with Crippen molar-refractivity contribution < 1.29 is 14.4 Å². The van der Waals surface area contributed by atoms with Gasteiger partial charge in [-0.2, -0.15) is 0 Å². The number of piperazine rings is 1. The van der Waals surface area contributed by atoms with Crippen LogP contribution in [0.3, 0.4) is 0 Å². The Balaban J connectivity index is 1.50. The molecule has 0 aliphatic carbocycles. The third kappa shape index (κ3) is 4.87.